The summed E-state index contributed by atoms with van der Waals surface area (Å²) in [4.78, 5) is 39.0. The standard InChI is InChI=1S/C21H29N3O3/c1-4-17(16-10-8-14(2)9-11-16)22-18(25)13-24-19(26)21(23-20(24)27)12-6-5-7-15(21)3/h8-11,15,17H,4-7,12-13H2,1-3H3,(H,22,25)(H,23,27)/t15-,17+,21+/m0/s1. The van der Waals surface area contributed by atoms with Crippen molar-refractivity contribution in [3.05, 3.63) is 35.4 Å². The van der Waals surface area contributed by atoms with Crippen molar-refractivity contribution in [2.24, 2.45) is 5.92 Å². The Balaban J connectivity index is 1.67. The molecule has 3 atom stereocenters. The average molecular weight is 371 g/mol. The first kappa shape index (κ1) is 19.4. The summed E-state index contributed by atoms with van der Waals surface area (Å²) in [5, 5.41) is 5.85. The van der Waals surface area contributed by atoms with Gasteiger partial charge in [0.2, 0.25) is 5.91 Å². The van der Waals surface area contributed by atoms with E-state index in [9.17, 15) is 14.4 Å². The summed E-state index contributed by atoms with van der Waals surface area (Å²) in [7, 11) is 0. The van der Waals surface area contributed by atoms with Crippen LogP contribution in [0.25, 0.3) is 0 Å². The summed E-state index contributed by atoms with van der Waals surface area (Å²) < 4.78 is 0. The summed E-state index contributed by atoms with van der Waals surface area (Å²) in [5.41, 5.74) is 1.36. The lowest BCUT2D eigenvalue weighted by molar-refractivity contribution is -0.137. The molecule has 0 bridgehead atoms. The van der Waals surface area contributed by atoms with Gasteiger partial charge < -0.3 is 10.6 Å². The number of imide groups is 1. The number of hydrogen-bond acceptors (Lipinski definition) is 3. The molecule has 27 heavy (non-hydrogen) atoms. The van der Waals surface area contributed by atoms with Crippen LogP contribution in [0.4, 0.5) is 4.79 Å². The fraction of sp³-hybridized carbons (Fsp3) is 0.571. The van der Waals surface area contributed by atoms with E-state index in [0.717, 1.165) is 41.7 Å². The van der Waals surface area contributed by atoms with Gasteiger partial charge in [-0.3, -0.25) is 14.5 Å². The molecule has 2 N–H and O–H groups in total. The molecule has 0 unspecified atom stereocenters. The summed E-state index contributed by atoms with van der Waals surface area (Å²) in [6, 6.07) is 7.42. The maximum atomic E-state index is 13.0. The van der Waals surface area contributed by atoms with E-state index < -0.39 is 11.6 Å². The van der Waals surface area contributed by atoms with Crippen molar-refractivity contribution < 1.29 is 14.4 Å². The lowest BCUT2D eigenvalue weighted by Gasteiger charge is -2.36. The number of nitrogens with zero attached hydrogens (tertiary/aromatic N) is 1. The van der Waals surface area contributed by atoms with Crippen LogP contribution < -0.4 is 10.6 Å². The lowest BCUT2D eigenvalue weighted by atomic mass is 9.73. The Hall–Kier alpha value is -2.37. The Bertz CT molecular complexity index is 731. The number of carbonyl (C=O) groups excluding carboxylic acids is 3. The minimum atomic E-state index is -0.823. The van der Waals surface area contributed by atoms with Gasteiger partial charge in [-0.25, -0.2) is 4.79 Å². The van der Waals surface area contributed by atoms with Crippen molar-refractivity contribution in [2.45, 2.75) is 64.5 Å². The molecule has 1 heterocycles. The number of carbonyl (C=O) groups is 3. The minimum Gasteiger partial charge on any atom is -0.348 e. The number of aryl methyl sites for hydroxylation is 1. The van der Waals surface area contributed by atoms with E-state index in [-0.39, 0.29) is 30.3 Å². The third-order valence-electron chi connectivity index (χ3n) is 6.03. The second-order valence-electron chi connectivity index (χ2n) is 7.88. The minimum absolute atomic E-state index is 0.0895. The summed E-state index contributed by atoms with van der Waals surface area (Å²) in [5.74, 6) is -0.476. The largest absolute Gasteiger partial charge is 0.348 e. The molecule has 0 radical (unpaired) electrons. The van der Waals surface area contributed by atoms with Crippen molar-refractivity contribution in [2.75, 3.05) is 6.54 Å². The average Bonchev–Trinajstić information content (AvgIpc) is 2.88. The number of amides is 4. The van der Waals surface area contributed by atoms with E-state index >= 15 is 0 Å². The van der Waals surface area contributed by atoms with Crippen molar-refractivity contribution in [1.29, 1.82) is 0 Å². The fourth-order valence-corrected chi connectivity index (χ4v) is 4.24. The highest BCUT2D eigenvalue weighted by Gasteiger charge is 2.55. The van der Waals surface area contributed by atoms with E-state index in [1.54, 1.807) is 0 Å². The maximum absolute atomic E-state index is 13.0. The molecule has 1 saturated heterocycles. The first-order valence-electron chi connectivity index (χ1n) is 9.87. The number of rotatable bonds is 5. The summed E-state index contributed by atoms with van der Waals surface area (Å²) >= 11 is 0. The highest BCUT2D eigenvalue weighted by Crippen LogP contribution is 2.38. The normalized spacial score (nSPS) is 26.2. The monoisotopic (exact) mass is 371 g/mol. The van der Waals surface area contributed by atoms with Crippen LogP contribution >= 0.6 is 0 Å². The SMILES string of the molecule is CC[C@@H](NC(=O)CN1C(=O)N[C@@]2(CCCC[C@@H]2C)C1=O)c1ccc(C)cc1. The number of urea groups is 1. The molecule has 1 aromatic rings. The van der Waals surface area contributed by atoms with Crippen LogP contribution in [-0.4, -0.2) is 34.8 Å². The molecule has 2 fully saturated rings. The van der Waals surface area contributed by atoms with Crippen molar-refractivity contribution >= 4 is 17.8 Å². The third-order valence-corrected chi connectivity index (χ3v) is 6.03. The van der Waals surface area contributed by atoms with Crippen LogP contribution in [-0.2, 0) is 9.59 Å². The van der Waals surface area contributed by atoms with Gasteiger partial charge >= 0.3 is 6.03 Å². The van der Waals surface area contributed by atoms with Gasteiger partial charge in [0.05, 0.1) is 6.04 Å². The first-order valence-corrected chi connectivity index (χ1v) is 9.87. The zero-order valence-electron chi connectivity index (χ0n) is 16.4. The van der Waals surface area contributed by atoms with Crippen LogP contribution in [0.15, 0.2) is 24.3 Å². The Kier molecular flexibility index (Phi) is 5.53. The van der Waals surface area contributed by atoms with Crippen LogP contribution in [0.1, 0.15) is 63.1 Å². The van der Waals surface area contributed by atoms with E-state index in [0.29, 0.717) is 6.42 Å². The molecule has 6 nitrogen and oxygen atoms in total. The molecule has 1 aromatic carbocycles. The van der Waals surface area contributed by atoms with Crippen molar-refractivity contribution in [1.82, 2.24) is 15.5 Å². The Labute approximate surface area is 160 Å². The Morgan fingerprint density at radius 2 is 2.00 bits per heavy atom. The van der Waals surface area contributed by atoms with E-state index in [1.807, 2.05) is 45.0 Å². The van der Waals surface area contributed by atoms with E-state index in [2.05, 4.69) is 10.6 Å². The molecule has 1 aliphatic heterocycles. The molecule has 4 amide bonds. The number of benzene rings is 1. The predicted octanol–water partition coefficient (Wildman–Crippen LogP) is 3.06. The van der Waals surface area contributed by atoms with Gasteiger partial charge in [-0.15, -0.1) is 0 Å². The van der Waals surface area contributed by atoms with Crippen LogP contribution in [0.5, 0.6) is 0 Å². The van der Waals surface area contributed by atoms with Crippen molar-refractivity contribution in [3.8, 4) is 0 Å². The van der Waals surface area contributed by atoms with E-state index in [4.69, 9.17) is 0 Å². The zero-order chi connectivity index (χ0) is 19.6. The smallest absolute Gasteiger partial charge is 0.325 e. The Morgan fingerprint density at radius 3 is 2.63 bits per heavy atom. The number of nitrogens with one attached hydrogen (secondary N) is 2. The molecule has 1 aliphatic carbocycles. The molecule has 3 rings (SSSR count). The van der Waals surface area contributed by atoms with Gasteiger partial charge in [0.25, 0.3) is 5.91 Å². The van der Waals surface area contributed by atoms with Gasteiger partial charge in [0.1, 0.15) is 12.1 Å². The molecular weight excluding hydrogens is 342 g/mol. The van der Waals surface area contributed by atoms with Crippen LogP contribution in [0, 0.1) is 12.8 Å². The third kappa shape index (κ3) is 3.70. The molecule has 1 spiro atoms. The quantitative estimate of drug-likeness (QED) is 0.781. The van der Waals surface area contributed by atoms with Gasteiger partial charge in [0, 0.05) is 0 Å². The molecule has 6 heteroatoms. The second kappa shape index (κ2) is 7.71. The second-order valence-corrected chi connectivity index (χ2v) is 7.88. The van der Waals surface area contributed by atoms with E-state index in [1.165, 1.54) is 0 Å². The summed E-state index contributed by atoms with van der Waals surface area (Å²) in [6.45, 7) is 5.78. The molecular formula is C21H29N3O3. The highest BCUT2D eigenvalue weighted by molar-refractivity contribution is 6.09. The van der Waals surface area contributed by atoms with Gasteiger partial charge in [0.15, 0.2) is 0 Å². The number of hydrogen-bond donors (Lipinski definition) is 2. The molecule has 0 aromatic heterocycles. The topological polar surface area (TPSA) is 78.5 Å². The molecule has 1 saturated carbocycles. The maximum Gasteiger partial charge on any atom is 0.325 e. The molecule has 146 valence electrons. The highest BCUT2D eigenvalue weighted by atomic mass is 16.2. The van der Waals surface area contributed by atoms with Crippen LogP contribution in [0.2, 0.25) is 0 Å². The first-order chi connectivity index (χ1) is 12.9. The predicted molar refractivity (Wildman–Crippen MR) is 103 cm³/mol. The van der Waals surface area contributed by atoms with Gasteiger partial charge in [-0.2, -0.15) is 0 Å². The fourth-order valence-electron chi connectivity index (χ4n) is 4.24. The van der Waals surface area contributed by atoms with Gasteiger partial charge in [-0.05, 0) is 37.7 Å². The Morgan fingerprint density at radius 1 is 1.30 bits per heavy atom. The van der Waals surface area contributed by atoms with Crippen molar-refractivity contribution in [3.63, 3.8) is 0 Å². The van der Waals surface area contributed by atoms with Gasteiger partial charge in [-0.1, -0.05) is 56.5 Å². The lowest BCUT2D eigenvalue weighted by Crippen LogP contribution is -2.54. The molecule has 2 aliphatic rings. The summed E-state index contributed by atoms with van der Waals surface area (Å²) in [6.07, 6.45) is 4.29. The van der Waals surface area contributed by atoms with Crippen LogP contribution in [0.3, 0.4) is 0 Å². The zero-order valence-corrected chi connectivity index (χ0v) is 16.4.